The Bertz CT molecular complexity index is 1720. The number of hydrogen-bond donors (Lipinski definition) is 1. The van der Waals surface area contributed by atoms with Crippen molar-refractivity contribution in [2.45, 2.75) is 40.3 Å². The quantitative estimate of drug-likeness (QED) is 0.328. The molecule has 0 saturated heterocycles. The van der Waals surface area contributed by atoms with Crippen molar-refractivity contribution in [1.82, 2.24) is 39.3 Å². The van der Waals surface area contributed by atoms with Crippen LogP contribution in [0.4, 0.5) is 0 Å². The second kappa shape index (κ2) is 10.4. The van der Waals surface area contributed by atoms with Crippen LogP contribution in [0.25, 0.3) is 33.7 Å². The first-order chi connectivity index (χ1) is 18.7. The van der Waals surface area contributed by atoms with Gasteiger partial charge in [0.1, 0.15) is 5.82 Å². The molecule has 0 aliphatic heterocycles. The third kappa shape index (κ3) is 5.17. The molecule has 1 N–H and O–H groups in total. The number of nitrogens with one attached hydrogen (secondary N) is 1. The summed E-state index contributed by atoms with van der Waals surface area (Å²) in [6, 6.07) is 16.1. The van der Waals surface area contributed by atoms with E-state index in [1.807, 2.05) is 53.1 Å². The van der Waals surface area contributed by atoms with Crippen molar-refractivity contribution in [3.8, 4) is 22.5 Å². The number of imidazole rings is 1. The zero-order valence-corrected chi connectivity index (χ0v) is 22.8. The Labute approximate surface area is 225 Å². The second-order valence-electron chi connectivity index (χ2n) is 10.8. The van der Waals surface area contributed by atoms with E-state index in [1.165, 1.54) is 11.6 Å². The maximum atomic E-state index is 13.4. The Morgan fingerprint density at radius 2 is 1.69 bits per heavy atom. The van der Waals surface area contributed by atoms with Gasteiger partial charge in [0, 0.05) is 32.7 Å². The summed E-state index contributed by atoms with van der Waals surface area (Å²) in [6.07, 6.45) is 0.639. The van der Waals surface area contributed by atoms with Crippen molar-refractivity contribution in [3.63, 3.8) is 0 Å². The molecule has 0 aliphatic carbocycles. The number of fused-ring (bicyclic) bond motifs is 1. The molecule has 39 heavy (non-hydrogen) atoms. The van der Waals surface area contributed by atoms with Crippen LogP contribution in [-0.4, -0.2) is 53.0 Å². The van der Waals surface area contributed by atoms with Gasteiger partial charge in [0.05, 0.1) is 13.2 Å². The number of rotatable bonds is 8. The van der Waals surface area contributed by atoms with Gasteiger partial charge in [-0.1, -0.05) is 69.3 Å². The highest BCUT2D eigenvalue weighted by atomic mass is 16.5. The Morgan fingerprint density at radius 1 is 0.974 bits per heavy atom. The summed E-state index contributed by atoms with van der Waals surface area (Å²) >= 11 is 0. The molecule has 0 saturated carbocycles. The lowest BCUT2D eigenvalue weighted by Crippen LogP contribution is -2.39. The number of tetrazole rings is 1. The fourth-order valence-electron chi connectivity index (χ4n) is 4.75. The van der Waals surface area contributed by atoms with Gasteiger partial charge in [-0.25, -0.2) is 14.9 Å². The molecule has 0 fully saturated rings. The minimum Gasteiger partial charge on any atom is -0.383 e. The molecule has 0 aliphatic rings. The number of aromatic amines is 1. The lowest BCUT2D eigenvalue weighted by Gasteiger charge is -2.19. The van der Waals surface area contributed by atoms with E-state index in [9.17, 15) is 9.59 Å². The summed E-state index contributed by atoms with van der Waals surface area (Å²) in [5.74, 6) is 1.36. The Kier molecular flexibility index (Phi) is 7.00. The molecule has 2 aromatic carbocycles. The molecule has 11 heteroatoms. The minimum atomic E-state index is -0.401. The predicted octanol–water partition coefficient (Wildman–Crippen LogP) is 3.03. The summed E-state index contributed by atoms with van der Waals surface area (Å²) in [5.41, 5.74) is 3.89. The molecule has 5 aromatic rings. The maximum Gasteiger partial charge on any atom is 0.332 e. The van der Waals surface area contributed by atoms with Crippen LogP contribution in [0.1, 0.15) is 32.2 Å². The monoisotopic (exact) mass is 528 g/mol. The topological polar surface area (TPSA) is 126 Å². The van der Waals surface area contributed by atoms with E-state index in [0.717, 1.165) is 32.6 Å². The first-order valence-electron chi connectivity index (χ1n) is 12.8. The first kappa shape index (κ1) is 26.2. The van der Waals surface area contributed by atoms with Crippen LogP contribution in [0.5, 0.6) is 0 Å². The van der Waals surface area contributed by atoms with E-state index >= 15 is 0 Å². The third-order valence-electron chi connectivity index (χ3n) is 6.65. The smallest absolute Gasteiger partial charge is 0.332 e. The van der Waals surface area contributed by atoms with Crippen molar-refractivity contribution in [3.05, 3.63) is 80.8 Å². The second-order valence-corrected chi connectivity index (χ2v) is 10.8. The highest BCUT2D eigenvalue weighted by Crippen LogP contribution is 2.30. The van der Waals surface area contributed by atoms with E-state index in [0.29, 0.717) is 43.1 Å². The van der Waals surface area contributed by atoms with Gasteiger partial charge in [-0.15, -0.1) is 5.10 Å². The van der Waals surface area contributed by atoms with Crippen molar-refractivity contribution in [2.75, 3.05) is 13.7 Å². The van der Waals surface area contributed by atoms with Crippen LogP contribution in [-0.2, 0) is 31.3 Å². The molecule has 0 spiro atoms. The summed E-state index contributed by atoms with van der Waals surface area (Å²) in [6.45, 7) is 7.46. The fraction of sp³-hybridized carbons (Fsp3) is 0.357. The maximum absolute atomic E-state index is 13.4. The third-order valence-corrected chi connectivity index (χ3v) is 6.65. The minimum absolute atomic E-state index is 0.0782. The zero-order chi connectivity index (χ0) is 27.7. The number of benzene rings is 2. The van der Waals surface area contributed by atoms with Crippen molar-refractivity contribution in [1.29, 1.82) is 0 Å². The summed E-state index contributed by atoms with van der Waals surface area (Å²) in [5, 5.41) is 14.3. The van der Waals surface area contributed by atoms with Crippen LogP contribution in [0.3, 0.4) is 0 Å². The molecule has 0 bridgehead atoms. The number of H-pyrrole nitrogens is 1. The van der Waals surface area contributed by atoms with E-state index < -0.39 is 5.69 Å². The molecular formula is C28H32N8O3. The number of hydrogen-bond acceptors (Lipinski definition) is 7. The van der Waals surface area contributed by atoms with E-state index in [2.05, 4.69) is 41.4 Å². The Hall–Kier alpha value is -4.38. The average molecular weight is 529 g/mol. The summed E-state index contributed by atoms with van der Waals surface area (Å²) in [4.78, 5) is 31.2. The number of ether oxygens (including phenoxy) is 1. The average Bonchev–Trinajstić information content (AvgIpc) is 3.56. The molecular weight excluding hydrogens is 496 g/mol. The SMILES string of the molecule is COCCn1c(=O)n(C)c(=O)c2c1nc(CC(C)(C)C)n2Cc1ccc(-c2ccccc2-c2nnn[nH]2)cc1. The number of nitrogens with zero attached hydrogens (tertiary/aromatic N) is 7. The largest absolute Gasteiger partial charge is 0.383 e. The van der Waals surface area contributed by atoms with Crippen LogP contribution in [0, 0.1) is 5.41 Å². The summed E-state index contributed by atoms with van der Waals surface area (Å²) in [7, 11) is 3.09. The van der Waals surface area contributed by atoms with Gasteiger partial charge < -0.3 is 9.30 Å². The van der Waals surface area contributed by atoms with E-state index in [1.54, 1.807) is 7.11 Å². The molecule has 11 nitrogen and oxygen atoms in total. The highest BCUT2D eigenvalue weighted by molar-refractivity contribution is 5.80. The molecule has 5 rings (SSSR count). The van der Waals surface area contributed by atoms with Gasteiger partial charge in [-0.2, -0.15) is 0 Å². The summed E-state index contributed by atoms with van der Waals surface area (Å²) < 4.78 is 9.85. The standard InChI is InChI=1S/C28H32N8O3/c1-28(2,3)16-22-29-25-23(26(37)34(4)27(38)35(25)14-15-39-5)36(22)17-18-10-12-19(13-11-18)20-8-6-7-9-21(20)24-30-32-33-31-24/h6-13H,14-17H2,1-5H3,(H,30,31,32,33). The van der Waals surface area contributed by atoms with E-state index in [-0.39, 0.29) is 11.0 Å². The molecule has 0 amide bonds. The zero-order valence-electron chi connectivity index (χ0n) is 22.8. The number of methoxy groups -OCH3 is 1. The lowest BCUT2D eigenvalue weighted by molar-refractivity contribution is 0.186. The number of aromatic nitrogens is 8. The van der Waals surface area contributed by atoms with Gasteiger partial charge in [0.25, 0.3) is 5.56 Å². The van der Waals surface area contributed by atoms with Crippen molar-refractivity contribution >= 4 is 11.2 Å². The molecule has 3 aromatic heterocycles. The molecule has 0 unspecified atom stereocenters. The van der Waals surface area contributed by atoms with Gasteiger partial charge in [-0.3, -0.25) is 13.9 Å². The van der Waals surface area contributed by atoms with Gasteiger partial charge in [0.15, 0.2) is 17.0 Å². The molecule has 0 atom stereocenters. The van der Waals surface area contributed by atoms with Crippen LogP contribution < -0.4 is 11.2 Å². The van der Waals surface area contributed by atoms with Crippen LogP contribution in [0.2, 0.25) is 0 Å². The normalized spacial score (nSPS) is 11.9. The van der Waals surface area contributed by atoms with Crippen LogP contribution >= 0.6 is 0 Å². The van der Waals surface area contributed by atoms with Gasteiger partial charge in [-0.05, 0) is 32.5 Å². The van der Waals surface area contributed by atoms with Gasteiger partial charge in [0.2, 0.25) is 0 Å². The van der Waals surface area contributed by atoms with Crippen molar-refractivity contribution < 1.29 is 4.74 Å². The Balaban J connectivity index is 1.59. The predicted molar refractivity (Wildman–Crippen MR) is 148 cm³/mol. The first-order valence-corrected chi connectivity index (χ1v) is 12.8. The molecule has 3 heterocycles. The molecule has 202 valence electrons. The van der Waals surface area contributed by atoms with Crippen molar-refractivity contribution in [2.24, 2.45) is 12.5 Å². The fourth-order valence-corrected chi connectivity index (χ4v) is 4.75. The van der Waals surface area contributed by atoms with Crippen LogP contribution in [0.15, 0.2) is 58.1 Å². The Morgan fingerprint density at radius 3 is 2.33 bits per heavy atom. The molecule has 0 radical (unpaired) electrons. The highest BCUT2D eigenvalue weighted by Gasteiger charge is 2.24. The van der Waals surface area contributed by atoms with Gasteiger partial charge >= 0.3 is 5.69 Å². The van der Waals surface area contributed by atoms with E-state index in [4.69, 9.17) is 9.72 Å². The lowest BCUT2D eigenvalue weighted by atomic mass is 9.92.